The summed E-state index contributed by atoms with van der Waals surface area (Å²) in [5, 5.41) is 6.97. The normalized spacial score (nSPS) is 10.7. The van der Waals surface area contributed by atoms with Gasteiger partial charge in [-0.3, -0.25) is 5.10 Å². The fourth-order valence-corrected chi connectivity index (χ4v) is 2.76. The Hall–Kier alpha value is -2.30. The molecular weight excluding hydrogens is 316 g/mol. The zero-order valence-corrected chi connectivity index (χ0v) is 15.4. The van der Waals surface area contributed by atoms with Crippen molar-refractivity contribution in [3.63, 3.8) is 0 Å². The monoisotopic (exact) mass is 344 g/mol. The van der Waals surface area contributed by atoms with Crippen molar-refractivity contribution in [2.75, 3.05) is 13.7 Å². The molecule has 5 nitrogen and oxygen atoms in total. The molecule has 0 bridgehead atoms. The summed E-state index contributed by atoms with van der Waals surface area (Å²) in [6.07, 6.45) is 7.53. The van der Waals surface area contributed by atoms with Crippen LogP contribution in [0.5, 0.6) is 5.75 Å². The van der Waals surface area contributed by atoms with Crippen molar-refractivity contribution in [2.45, 2.75) is 52.4 Å². The molecule has 0 aliphatic heterocycles. The molecule has 0 aliphatic carbocycles. The Balaban J connectivity index is 1.86. The van der Waals surface area contributed by atoms with Crippen LogP contribution >= 0.6 is 0 Å². The van der Waals surface area contributed by atoms with Gasteiger partial charge in [-0.15, -0.1) is 0 Å². The highest BCUT2D eigenvalue weighted by atomic mass is 16.5. The quantitative estimate of drug-likeness (QED) is 0.491. The predicted octanol–water partition coefficient (Wildman–Crippen LogP) is 4.91. The maximum Gasteiger partial charge on any atom is 0.356 e. The Kier molecular flexibility index (Phi) is 7.51. The second-order valence-corrected chi connectivity index (χ2v) is 6.20. The van der Waals surface area contributed by atoms with Crippen LogP contribution < -0.4 is 4.74 Å². The van der Waals surface area contributed by atoms with Crippen LogP contribution in [0, 0.1) is 6.92 Å². The van der Waals surface area contributed by atoms with Crippen molar-refractivity contribution >= 4 is 5.97 Å². The molecule has 0 atom stereocenters. The summed E-state index contributed by atoms with van der Waals surface area (Å²) in [5.41, 5.74) is 2.87. The molecule has 1 N–H and O–H groups in total. The lowest BCUT2D eigenvalue weighted by atomic mass is 10.1. The molecule has 0 fully saturated rings. The molecule has 2 rings (SSSR count). The third-order valence-corrected chi connectivity index (χ3v) is 4.29. The van der Waals surface area contributed by atoms with E-state index in [0.29, 0.717) is 5.69 Å². The Labute approximate surface area is 149 Å². The summed E-state index contributed by atoms with van der Waals surface area (Å²) in [5.74, 6) is 0.453. The fraction of sp³-hybridized carbons (Fsp3) is 0.500. The summed E-state index contributed by atoms with van der Waals surface area (Å²) in [7, 11) is 1.36. The number of nitrogens with one attached hydrogen (secondary N) is 1. The SMILES string of the molecule is CCCCCCCCOc1ccc(-c2n[nH]c(C(=O)OC)c2C)cc1. The summed E-state index contributed by atoms with van der Waals surface area (Å²) in [4.78, 5) is 11.6. The zero-order chi connectivity index (χ0) is 18.1. The van der Waals surface area contributed by atoms with Crippen LogP contribution in [0.25, 0.3) is 11.3 Å². The van der Waals surface area contributed by atoms with E-state index in [1.54, 1.807) is 0 Å². The van der Waals surface area contributed by atoms with E-state index in [2.05, 4.69) is 17.1 Å². The van der Waals surface area contributed by atoms with Crippen LogP contribution in [0.4, 0.5) is 0 Å². The molecule has 0 saturated heterocycles. The third-order valence-electron chi connectivity index (χ3n) is 4.29. The molecule has 0 aliphatic rings. The van der Waals surface area contributed by atoms with Gasteiger partial charge in [0, 0.05) is 11.1 Å². The van der Waals surface area contributed by atoms with Crippen molar-refractivity contribution in [2.24, 2.45) is 0 Å². The van der Waals surface area contributed by atoms with Crippen LogP contribution in [0.1, 0.15) is 61.5 Å². The first-order chi connectivity index (χ1) is 12.2. The Morgan fingerprint density at radius 2 is 1.76 bits per heavy atom. The van der Waals surface area contributed by atoms with E-state index in [1.165, 1.54) is 39.2 Å². The third kappa shape index (κ3) is 5.34. The van der Waals surface area contributed by atoms with E-state index in [-0.39, 0.29) is 0 Å². The van der Waals surface area contributed by atoms with Crippen LogP contribution in [-0.2, 0) is 4.74 Å². The smallest absolute Gasteiger partial charge is 0.356 e. The van der Waals surface area contributed by atoms with Crippen LogP contribution in [0.2, 0.25) is 0 Å². The second-order valence-electron chi connectivity index (χ2n) is 6.20. The van der Waals surface area contributed by atoms with Gasteiger partial charge < -0.3 is 9.47 Å². The zero-order valence-electron chi connectivity index (χ0n) is 15.4. The number of hydrogen-bond donors (Lipinski definition) is 1. The highest BCUT2D eigenvalue weighted by molar-refractivity contribution is 5.90. The van der Waals surface area contributed by atoms with E-state index in [4.69, 9.17) is 9.47 Å². The first-order valence-electron chi connectivity index (χ1n) is 9.03. The number of carbonyl (C=O) groups excluding carboxylic acids is 1. The Morgan fingerprint density at radius 3 is 2.44 bits per heavy atom. The van der Waals surface area contributed by atoms with Gasteiger partial charge in [0.25, 0.3) is 0 Å². The molecule has 0 saturated carbocycles. The van der Waals surface area contributed by atoms with Gasteiger partial charge in [-0.2, -0.15) is 5.10 Å². The molecule has 0 spiro atoms. The average Bonchev–Trinajstić information content (AvgIpc) is 3.02. The summed E-state index contributed by atoms with van der Waals surface area (Å²) in [6, 6.07) is 7.80. The number of nitrogens with zero attached hydrogens (tertiary/aromatic N) is 1. The molecule has 1 heterocycles. The van der Waals surface area contributed by atoms with Gasteiger partial charge in [0.05, 0.1) is 19.4 Å². The molecule has 5 heteroatoms. The fourth-order valence-electron chi connectivity index (χ4n) is 2.76. The van der Waals surface area contributed by atoms with Gasteiger partial charge in [0.2, 0.25) is 0 Å². The highest BCUT2D eigenvalue weighted by Gasteiger charge is 2.17. The van der Waals surface area contributed by atoms with Crippen molar-refractivity contribution in [3.8, 4) is 17.0 Å². The van der Waals surface area contributed by atoms with Gasteiger partial charge in [0.15, 0.2) is 0 Å². The molecule has 1 aromatic heterocycles. The van der Waals surface area contributed by atoms with Gasteiger partial charge in [-0.05, 0) is 37.6 Å². The molecule has 0 radical (unpaired) electrons. The molecule has 0 amide bonds. The first kappa shape index (κ1) is 19.0. The number of ether oxygens (including phenoxy) is 2. The van der Waals surface area contributed by atoms with Crippen molar-refractivity contribution in [1.82, 2.24) is 10.2 Å². The second kappa shape index (κ2) is 9.87. The number of methoxy groups -OCH3 is 1. The molecule has 2 aromatic rings. The van der Waals surface area contributed by atoms with Gasteiger partial charge >= 0.3 is 5.97 Å². The minimum atomic E-state index is -0.407. The standard InChI is InChI=1S/C20H28N2O3/c1-4-5-6-7-8-9-14-25-17-12-10-16(11-13-17)18-15(2)19(22-21-18)20(23)24-3/h10-13H,4-9,14H2,1-3H3,(H,21,22). The van der Waals surface area contributed by atoms with Crippen LogP contribution in [-0.4, -0.2) is 29.9 Å². The Morgan fingerprint density at radius 1 is 1.08 bits per heavy atom. The predicted molar refractivity (Wildman–Crippen MR) is 99.0 cm³/mol. The molecule has 0 unspecified atom stereocenters. The highest BCUT2D eigenvalue weighted by Crippen LogP contribution is 2.25. The van der Waals surface area contributed by atoms with Gasteiger partial charge in [0.1, 0.15) is 11.4 Å². The average molecular weight is 344 g/mol. The minimum absolute atomic E-state index is 0.390. The van der Waals surface area contributed by atoms with Gasteiger partial charge in [-0.25, -0.2) is 4.79 Å². The number of esters is 1. The summed E-state index contributed by atoms with van der Waals surface area (Å²) < 4.78 is 10.5. The molecule has 1 aromatic carbocycles. The maximum absolute atomic E-state index is 11.6. The molecule has 136 valence electrons. The van der Waals surface area contributed by atoms with E-state index < -0.39 is 5.97 Å². The lowest BCUT2D eigenvalue weighted by molar-refractivity contribution is 0.0593. The summed E-state index contributed by atoms with van der Waals surface area (Å²) in [6.45, 7) is 4.83. The number of aromatic amines is 1. The van der Waals surface area contributed by atoms with Crippen LogP contribution in [0.15, 0.2) is 24.3 Å². The van der Waals surface area contributed by atoms with Gasteiger partial charge in [-0.1, -0.05) is 39.0 Å². The number of hydrogen-bond acceptors (Lipinski definition) is 4. The lowest BCUT2D eigenvalue weighted by Crippen LogP contribution is -2.03. The van der Waals surface area contributed by atoms with Crippen molar-refractivity contribution < 1.29 is 14.3 Å². The van der Waals surface area contributed by atoms with Crippen LogP contribution in [0.3, 0.4) is 0 Å². The first-order valence-corrected chi connectivity index (χ1v) is 9.03. The minimum Gasteiger partial charge on any atom is -0.494 e. The van der Waals surface area contributed by atoms with Crippen molar-refractivity contribution in [3.05, 3.63) is 35.5 Å². The molecule has 25 heavy (non-hydrogen) atoms. The molecular formula is C20H28N2O3. The number of rotatable bonds is 10. The number of benzene rings is 1. The van der Waals surface area contributed by atoms with E-state index >= 15 is 0 Å². The van der Waals surface area contributed by atoms with E-state index in [9.17, 15) is 4.79 Å². The largest absolute Gasteiger partial charge is 0.494 e. The lowest BCUT2D eigenvalue weighted by Gasteiger charge is -2.07. The van der Waals surface area contributed by atoms with E-state index in [1.807, 2.05) is 31.2 Å². The number of carbonyl (C=O) groups is 1. The topological polar surface area (TPSA) is 64.2 Å². The number of H-pyrrole nitrogens is 1. The van der Waals surface area contributed by atoms with E-state index in [0.717, 1.165) is 35.6 Å². The summed E-state index contributed by atoms with van der Waals surface area (Å²) >= 11 is 0. The maximum atomic E-state index is 11.6. The van der Waals surface area contributed by atoms with Crippen molar-refractivity contribution in [1.29, 1.82) is 0 Å². The number of unbranched alkanes of at least 4 members (excludes halogenated alkanes) is 5. The Bertz CT molecular complexity index is 662. The number of aromatic nitrogens is 2.